The Labute approximate surface area is 139 Å². The lowest BCUT2D eigenvalue weighted by atomic mass is 10.1. The summed E-state index contributed by atoms with van der Waals surface area (Å²) >= 11 is 0. The van der Waals surface area contributed by atoms with E-state index in [4.69, 9.17) is 14.2 Å². The zero-order valence-electron chi connectivity index (χ0n) is 13.2. The van der Waals surface area contributed by atoms with Gasteiger partial charge in [-0.2, -0.15) is 0 Å². The molecule has 124 valence electrons. The van der Waals surface area contributed by atoms with Gasteiger partial charge in [-0.1, -0.05) is 6.07 Å². The number of ketones is 1. The second kappa shape index (κ2) is 7.04. The van der Waals surface area contributed by atoms with Crippen LogP contribution < -0.4 is 19.5 Å². The Morgan fingerprint density at radius 2 is 1.83 bits per heavy atom. The zero-order chi connectivity index (χ0) is 16.9. The fourth-order valence-corrected chi connectivity index (χ4v) is 2.37. The van der Waals surface area contributed by atoms with Crippen LogP contribution in [0.1, 0.15) is 15.9 Å². The van der Waals surface area contributed by atoms with E-state index in [2.05, 4.69) is 5.32 Å². The van der Waals surface area contributed by atoms with E-state index in [9.17, 15) is 9.59 Å². The van der Waals surface area contributed by atoms with Crippen molar-refractivity contribution in [2.24, 2.45) is 0 Å². The number of carbonyl (C=O) groups is 2. The molecular weight excluding hydrogens is 310 g/mol. The van der Waals surface area contributed by atoms with E-state index >= 15 is 0 Å². The van der Waals surface area contributed by atoms with E-state index in [1.54, 1.807) is 31.4 Å². The normalized spacial score (nSPS) is 11.9. The molecule has 0 spiro atoms. The maximum absolute atomic E-state index is 12.1. The van der Waals surface area contributed by atoms with Crippen molar-refractivity contribution in [3.8, 4) is 17.2 Å². The van der Waals surface area contributed by atoms with E-state index in [0.717, 1.165) is 11.3 Å². The SMILES string of the molecule is COc1ccc(C(=O)C(=O)NCCc2ccc3c(c2)OCO3)cc1. The lowest BCUT2D eigenvalue weighted by molar-refractivity contribution is -0.116. The summed E-state index contributed by atoms with van der Waals surface area (Å²) < 4.78 is 15.6. The Balaban J connectivity index is 1.52. The first-order valence-corrected chi connectivity index (χ1v) is 7.52. The van der Waals surface area contributed by atoms with Crippen LogP contribution in [-0.4, -0.2) is 32.1 Å². The Kier molecular flexibility index (Phi) is 4.65. The predicted octanol–water partition coefficient (Wildman–Crippen LogP) is 1.97. The Bertz CT molecular complexity index is 755. The molecule has 2 aromatic rings. The van der Waals surface area contributed by atoms with E-state index < -0.39 is 11.7 Å². The summed E-state index contributed by atoms with van der Waals surface area (Å²) in [6, 6.07) is 12.0. The number of rotatable bonds is 6. The lowest BCUT2D eigenvalue weighted by Gasteiger charge is -2.06. The Morgan fingerprint density at radius 3 is 2.58 bits per heavy atom. The summed E-state index contributed by atoms with van der Waals surface area (Å²) in [7, 11) is 1.54. The van der Waals surface area contributed by atoms with Crippen LogP contribution in [0.3, 0.4) is 0 Å². The summed E-state index contributed by atoms with van der Waals surface area (Å²) in [5.41, 5.74) is 1.33. The van der Waals surface area contributed by atoms with E-state index in [0.29, 0.717) is 30.0 Å². The van der Waals surface area contributed by atoms with Gasteiger partial charge in [-0.15, -0.1) is 0 Å². The van der Waals surface area contributed by atoms with Crippen molar-refractivity contribution in [3.05, 3.63) is 53.6 Å². The molecule has 0 aromatic heterocycles. The molecule has 0 saturated heterocycles. The van der Waals surface area contributed by atoms with Crippen LogP contribution in [0, 0.1) is 0 Å². The lowest BCUT2D eigenvalue weighted by Crippen LogP contribution is -2.32. The first-order chi connectivity index (χ1) is 11.7. The molecule has 0 atom stereocenters. The molecule has 1 aliphatic rings. The average Bonchev–Trinajstić information content (AvgIpc) is 3.09. The van der Waals surface area contributed by atoms with Gasteiger partial charge < -0.3 is 19.5 Å². The van der Waals surface area contributed by atoms with Crippen molar-refractivity contribution >= 4 is 11.7 Å². The fourth-order valence-electron chi connectivity index (χ4n) is 2.37. The molecule has 1 amide bonds. The van der Waals surface area contributed by atoms with Crippen molar-refractivity contribution in [1.82, 2.24) is 5.32 Å². The third-order valence-electron chi connectivity index (χ3n) is 3.69. The molecule has 0 bridgehead atoms. The maximum atomic E-state index is 12.1. The number of hydrogen-bond donors (Lipinski definition) is 1. The van der Waals surface area contributed by atoms with E-state index in [1.165, 1.54) is 0 Å². The zero-order valence-corrected chi connectivity index (χ0v) is 13.2. The third-order valence-corrected chi connectivity index (χ3v) is 3.69. The van der Waals surface area contributed by atoms with Crippen LogP contribution in [0.15, 0.2) is 42.5 Å². The van der Waals surface area contributed by atoms with Gasteiger partial charge in [0, 0.05) is 12.1 Å². The number of ether oxygens (including phenoxy) is 3. The quantitative estimate of drug-likeness (QED) is 0.648. The van der Waals surface area contributed by atoms with Crippen molar-refractivity contribution in [2.75, 3.05) is 20.4 Å². The van der Waals surface area contributed by atoms with Gasteiger partial charge in [0.25, 0.3) is 5.91 Å². The number of benzene rings is 2. The molecule has 0 saturated carbocycles. The number of amides is 1. The van der Waals surface area contributed by atoms with Crippen molar-refractivity contribution in [1.29, 1.82) is 0 Å². The standard InChI is InChI=1S/C18H17NO5/c1-22-14-5-3-13(4-6-14)17(20)18(21)19-9-8-12-2-7-15-16(10-12)24-11-23-15/h2-7,10H,8-9,11H2,1H3,(H,19,21). The highest BCUT2D eigenvalue weighted by Crippen LogP contribution is 2.32. The second-order valence-electron chi connectivity index (χ2n) is 5.25. The molecule has 0 radical (unpaired) electrons. The summed E-state index contributed by atoms with van der Waals surface area (Å²) in [4.78, 5) is 24.0. The number of nitrogens with one attached hydrogen (secondary N) is 1. The van der Waals surface area contributed by atoms with Gasteiger partial charge in [0.1, 0.15) is 5.75 Å². The summed E-state index contributed by atoms with van der Waals surface area (Å²) in [5.74, 6) is 0.865. The van der Waals surface area contributed by atoms with Gasteiger partial charge in [-0.3, -0.25) is 9.59 Å². The first kappa shape index (κ1) is 15.9. The molecule has 2 aromatic carbocycles. The predicted molar refractivity (Wildman–Crippen MR) is 86.6 cm³/mol. The van der Waals surface area contributed by atoms with Gasteiger partial charge in [-0.25, -0.2) is 0 Å². The smallest absolute Gasteiger partial charge is 0.292 e. The Morgan fingerprint density at radius 1 is 1.08 bits per heavy atom. The van der Waals surface area contributed by atoms with Crippen molar-refractivity contribution in [2.45, 2.75) is 6.42 Å². The van der Waals surface area contributed by atoms with Crippen LogP contribution in [-0.2, 0) is 11.2 Å². The number of carbonyl (C=O) groups excluding carboxylic acids is 2. The topological polar surface area (TPSA) is 73.9 Å². The summed E-state index contributed by atoms with van der Waals surface area (Å²) in [6.45, 7) is 0.590. The molecular formula is C18H17NO5. The molecule has 3 rings (SSSR count). The highest BCUT2D eigenvalue weighted by Gasteiger charge is 2.16. The fraction of sp³-hybridized carbons (Fsp3) is 0.222. The van der Waals surface area contributed by atoms with Gasteiger partial charge in [-0.05, 0) is 48.4 Å². The summed E-state index contributed by atoms with van der Waals surface area (Å²) in [5, 5.41) is 2.63. The van der Waals surface area contributed by atoms with Crippen molar-refractivity contribution in [3.63, 3.8) is 0 Å². The van der Waals surface area contributed by atoms with Crippen LogP contribution in [0.2, 0.25) is 0 Å². The van der Waals surface area contributed by atoms with E-state index in [-0.39, 0.29) is 6.79 Å². The van der Waals surface area contributed by atoms with Crippen LogP contribution in [0.25, 0.3) is 0 Å². The minimum atomic E-state index is -0.624. The Hall–Kier alpha value is -3.02. The number of hydrogen-bond acceptors (Lipinski definition) is 5. The minimum absolute atomic E-state index is 0.228. The molecule has 24 heavy (non-hydrogen) atoms. The molecule has 6 heteroatoms. The van der Waals surface area contributed by atoms with Crippen LogP contribution in [0.4, 0.5) is 0 Å². The molecule has 0 aliphatic carbocycles. The molecule has 1 N–H and O–H groups in total. The maximum Gasteiger partial charge on any atom is 0.292 e. The average molecular weight is 327 g/mol. The summed E-state index contributed by atoms with van der Waals surface area (Å²) in [6.07, 6.45) is 0.596. The number of methoxy groups -OCH3 is 1. The van der Waals surface area contributed by atoms with Gasteiger partial charge >= 0.3 is 0 Å². The largest absolute Gasteiger partial charge is 0.497 e. The number of fused-ring (bicyclic) bond motifs is 1. The molecule has 6 nitrogen and oxygen atoms in total. The van der Waals surface area contributed by atoms with Gasteiger partial charge in [0.15, 0.2) is 11.5 Å². The monoisotopic (exact) mass is 327 g/mol. The van der Waals surface area contributed by atoms with Crippen molar-refractivity contribution < 1.29 is 23.8 Å². The second-order valence-corrected chi connectivity index (χ2v) is 5.25. The van der Waals surface area contributed by atoms with Crippen LogP contribution in [0.5, 0.6) is 17.2 Å². The number of Topliss-reactive ketones (excluding diaryl/α,β-unsaturated/α-hetero) is 1. The molecule has 1 heterocycles. The van der Waals surface area contributed by atoms with E-state index in [1.807, 2.05) is 18.2 Å². The van der Waals surface area contributed by atoms with Gasteiger partial charge in [0.05, 0.1) is 7.11 Å². The third kappa shape index (κ3) is 3.48. The van der Waals surface area contributed by atoms with Crippen LogP contribution >= 0.6 is 0 Å². The highest BCUT2D eigenvalue weighted by atomic mass is 16.7. The minimum Gasteiger partial charge on any atom is -0.497 e. The first-order valence-electron chi connectivity index (χ1n) is 7.52. The van der Waals surface area contributed by atoms with Gasteiger partial charge in [0.2, 0.25) is 12.6 Å². The molecule has 0 fully saturated rings. The molecule has 1 aliphatic heterocycles. The molecule has 0 unspecified atom stereocenters. The highest BCUT2D eigenvalue weighted by molar-refractivity contribution is 6.42.